The summed E-state index contributed by atoms with van der Waals surface area (Å²) >= 11 is 0. The molecular weight excluding hydrogens is 553 g/mol. The summed E-state index contributed by atoms with van der Waals surface area (Å²) in [5.41, 5.74) is 3.40. The van der Waals surface area contributed by atoms with Crippen LogP contribution in [0, 0.1) is 17.8 Å². The predicted octanol–water partition coefficient (Wildman–Crippen LogP) is 6.22. The number of carbonyl (C=O) groups is 1. The largest absolute Gasteiger partial charge is 0.396 e. The number of nitrogens with zero attached hydrogens (tertiary/aromatic N) is 1. The third-order valence-corrected chi connectivity index (χ3v) is 10.4. The molecule has 0 aromatic heterocycles. The van der Waals surface area contributed by atoms with Crippen molar-refractivity contribution in [1.29, 1.82) is 0 Å². The van der Waals surface area contributed by atoms with Gasteiger partial charge in [-0.05, 0) is 84.9 Å². The summed E-state index contributed by atoms with van der Waals surface area (Å²) in [4.78, 5) is 15.9. The molecule has 0 saturated heterocycles. The van der Waals surface area contributed by atoms with Crippen LogP contribution in [0.1, 0.15) is 92.0 Å². The van der Waals surface area contributed by atoms with E-state index in [0.717, 1.165) is 17.7 Å². The van der Waals surface area contributed by atoms with Gasteiger partial charge < -0.3 is 10.4 Å². The van der Waals surface area contributed by atoms with Crippen LogP contribution in [-0.2, 0) is 16.4 Å². The van der Waals surface area contributed by atoms with Gasteiger partial charge >= 0.3 is 6.18 Å². The van der Waals surface area contributed by atoms with Crippen LogP contribution in [0.4, 0.5) is 13.2 Å². The fourth-order valence-electron chi connectivity index (χ4n) is 6.42. The molecule has 4 rings (SSSR count). The Morgan fingerprint density at radius 1 is 1.07 bits per heavy atom. The number of alkyl halides is 3. The number of hydrogen-bond donors (Lipinski definition) is 2. The monoisotopic (exact) mass is 594 g/mol. The normalized spacial score (nSPS) is 22.5. The van der Waals surface area contributed by atoms with Crippen molar-refractivity contribution in [2.45, 2.75) is 82.6 Å². The van der Waals surface area contributed by atoms with Gasteiger partial charge in [0.05, 0.1) is 22.6 Å². The fourth-order valence-corrected chi connectivity index (χ4v) is 7.30. The number of hydrogen-bond acceptors (Lipinski definition) is 5. The van der Waals surface area contributed by atoms with Gasteiger partial charge in [0.2, 0.25) is 0 Å². The predicted molar refractivity (Wildman–Crippen MR) is 152 cm³/mol. The van der Waals surface area contributed by atoms with Gasteiger partial charge in [-0.2, -0.15) is 13.2 Å². The van der Waals surface area contributed by atoms with Crippen LogP contribution < -0.4 is 5.32 Å². The van der Waals surface area contributed by atoms with Gasteiger partial charge in [-0.15, -0.1) is 0 Å². The minimum atomic E-state index is -4.11. The number of amides is 1. The molecular formula is C31H41F3N2O4S. The number of rotatable bonds is 10. The second-order valence-electron chi connectivity index (χ2n) is 11.8. The molecule has 2 aromatic rings. The van der Waals surface area contributed by atoms with E-state index in [2.05, 4.69) is 24.1 Å². The Bertz CT molecular complexity index is 1300. The molecule has 2 N–H and O–H groups in total. The van der Waals surface area contributed by atoms with Crippen molar-refractivity contribution in [1.82, 2.24) is 10.2 Å². The first-order chi connectivity index (χ1) is 19.3. The SMILES string of the molecule is CCS(=O)(=O)c1ccc([C@H](CCO)NC(=O)c2ccc3c(c2)CN(C[C@H]2CC[C@H](C(F)(F)F)CC2)C3C(C)C)cc1. The lowest BCUT2D eigenvalue weighted by molar-refractivity contribution is -0.184. The molecule has 0 radical (unpaired) electrons. The molecule has 226 valence electrons. The van der Waals surface area contributed by atoms with E-state index in [1.54, 1.807) is 25.1 Å². The molecule has 1 fully saturated rings. The Kier molecular flexibility index (Phi) is 9.86. The van der Waals surface area contributed by atoms with E-state index >= 15 is 0 Å². The van der Waals surface area contributed by atoms with Gasteiger partial charge in [0.1, 0.15) is 0 Å². The average Bonchev–Trinajstić information content (AvgIpc) is 3.30. The number of benzene rings is 2. The number of aliphatic hydroxyl groups excluding tert-OH is 1. The van der Waals surface area contributed by atoms with E-state index in [4.69, 9.17) is 0 Å². The molecule has 0 bridgehead atoms. The van der Waals surface area contributed by atoms with Crippen molar-refractivity contribution >= 4 is 15.7 Å². The van der Waals surface area contributed by atoms with Gasteiger partial charge in [-0.1, -0.05) is 39.0 Å². The van der Waals surface area contributed by atoms with Crippen LogP contribution in [0.25, 0.3) is 0 Å². The highest BCUT2D eigenvalue weighted by molar-refractivity contribution is 7.91. The molecule has 2 aromatic carbocycles. The highest BCUT2D eigenvalue weighted by Gasteiger charge is 2.42. The molecule has 6 nitrogen and oxygen atoms in total. The van der Waals surface area contributed by atoms with E-state index in [1.165, 1.54) is 12.1 Å². The first-order valence-corrected chi connectivity index (χ1v) is 16.2. The van der Waals surface area contributed by atoms with E-state index in [1.807, 2.05) is 12.1 Å². The van der Waals surface area contributed by atoms with Crippen molar-refractivity contribution in [3.8, 4) is 0 Å². The van der Waals surface area contributed by atoms with Gasteiger partial charge in [0.25, 0.3) is 5.91 Å². The highest BCUT2D eigenvalue weighted by Crippen LogP contribution is 2.43. The molecule has 1 amide bonds. The van der Waals surface area contributed by atoms with Crippen LogP contribution in [-0.4, -0.2) is 49.4 Å². The first-order valence-electron chi connectivity index (χ1n) is 14.5. The lowest BCUT2D eigenvalue weighted by Gasteiger charge is -2.35. The smallest absolute Gasteiger partial charge is 0.391 e. The number of carbonyl (C=O) groups excluding carboxylic acids is 1. The summed E-state index contributed by atoms with van der Waals surface area (Å²) in [5.74, 6) is -0.953. The van der Waals surface area contributed by atoms with Crippen LogP contribution in [0.2, 0.25) is 0 Å². The summed E-state index contributed by atoms with van der Waals surface area (Å²) in [7, 11) is -3.34. The second kappa shape index (κ2) is 12.8. The van der Waals surface area contributed by atoms with Gasteiger partial charge in [0.15, 0.2) is 9.84 Å². The summed E-state index contributed by atoms with van der Waals surface area (Å²) in [6.45, 7) is 7.10. The van der Waals surface area contributed by atoms with E-state index in [9.17, 15) is 31.5 Å². The summed E-state index contributed by atoms with van der Waals surface area (Å²) in [6, 6.07) is 11.7. The zero-order valence-electron chi connectivity index (χ0n) is 24.0. The third-order valence-electron chi connectivity index (χ3n) is 8.67. The molecule has 1 heterocycles. The van der Waals surface area contributed by atoms with Crippen LogP contribution in [0.5, 0.6) is 0 Å². The molecule has 1 aliphatic carbocycles. The molecule has 1 saturated carbocycles. The van der Waals surface area contributed by atoms with Gasteiger partial charge in [-0.3, -0.25) is 9.69 Å². The van der Waals surface area contributed by atoms with Gasteiger partial charge in [0, 0.05) is 31.3 Å². The molecule has 1 unspecified atom stereocenters. The van der Waals surface area contributed by atoms with Crippen molar-refractivity contribution in [3.05, 3.63) is 64.7 Å². The Balaban J connectivity index is 1.46. The zero-order valence-corrected chi connectivity index (χ0v) is 24.8. The van der Waals surface area contributed by atoms with Crippen LogP contribution >= 0.6 is 0 Å². The van der Waals surface area contributed by atoms with Crippen LogP contribution in [0.3, 0.4) is 0 Å². The number of nitrogens with one attached hydrogen (secondary N) is 1. The third kappa shape index (κ3) is 7.32. The van der Waals surface area contributed by atoms with Crippen LogP contribution in [0.15, 0.2) is 47.4 Å². The molecule has 2 atom stereocenters. The van der Waals surface area contributed by atoms with E-state index < -0.39 is 28.0 Å². The molecule has 10 heteroatoms. The summed E-state index contributed by atoms with van der Waals surface area (Å²) < 4.78 is 63.7. The maximum atomic E-state index is 13.3. The van der Waals surface area contributed by atoms with Gasteiger partial charge in [-0.25, -0.2) is 8.42 Å². The summed E-state index contributed by atoms with van der Waals surface area (Å²) in [5, 5.41) is 12.6. The molecule has 0 spiro atoms. The Morgan fingerprint density at radius 3 is 2.29 bits per heavy atom. The Labute approximate surface area is 241 Å². The standard InChI is InChI=1S/C31H41F3N2O4S/c1-4-41(39,40)26-12-7-22(8-13-26)28(15-16-37)35-30(38)23-9-14-27-24(17-23)19-36(29(27)20(2)3)18-21-5-10-25(11-6-21)31(32,33)34/h7-9,12-14,17,20-21,25,28-29,37H,4-6,10-11,15-16,18-19H2,1-3H3,(H,35,38)/t21-,25-,28-,29?/m0/s1. The fraction of sp³-hybridized carbons (Fsp3) is 0.581. The Hall–Kier alpha value is -2.43. The molecule has 41 heavy (non-hydrogen) atoms. The van der Waals surface area contributed by atoms with Crippen molar-refractivity contribution < 1.29 is 31.5 Å². The Morgan fingerprint density at radius 2 is 1.73 bits per heavy atom. The van der Waals surface area contributed by atoms with E-state index in [-0.39, 0.29) is 54.4 Å². The quantitative estimate of drug-likeness (QED) is 0.341. The number of fused-ring (bicyclic) bond motifs is 1. The maximum absolute atomic E-state index is 13.3. The lowest BCUT2D eigenvalue weighted by atomic mass is 9.81. The van der Waals surface area contributed by atoms with Crippen molar-refractivity contribution in [2.75, 3.05) is 18.9 Å². The minimum Gasteiger partial charge on any atom is -0.396 e. The topological polar surface area (TPSA) is 86.7 Å². The van der Waals surface area contributed by atoms with E-state index in [0.29, 0.717) is 36.4 Å². The number of halogens is 3. The van der Waals surface area contributed by atoms with Crippen molar-refractivity contribution in [3.63, 3.8) is 0 Å². The molecule has 1 aliphatic heterocycles. The minimum absolute atomic E-state index is 0.00421. The highest BCUT2D eigenvalue weighted by atomic mass is 32.2. The second-order valence-corrected chi connectivity index (χ2v) is 14.1. The number of sulfone groups is 1. The molecule has 2 aliphatic rings. The van der Waals surface area contributed by atoms with Crippen molar-refractivity contribution in [2.24, 2.45) is 17.8 Å². The lowest BCUT2D eigenvalue weighted by Crippen LogP contribution is -2.34. The summed E-state index contributed by atoms with van der Waals surface area (Å²) in [6.07, 6.45) is -2.30. The number of aliphatic hydroxyl groups is 1. The average molecular weight is 595 g/mol. The maximum Gasteiger partial charge on any atom is 0.391 e. The first kappa shape index (κ1) is 31.5. The zero-order chi connectivity index (χ0) is 29.9.